The minimum Gasteiger partial charge on any atom is -0.462 e. The summed E-state index contributed by atoms with van der Waals surface area (Å²) in [6, 6.07) is 1.59. The summed E-state index contributed by atoms with van der Waals surface area (Å²) in [5.74, 6) is -0.198. The maximum Gasteiger partial charge on any atom is 0.344 e. The van der Waals surface area contributed by atoms with Gasteiger partial charge in [-0.15, -0.1) is 11.8 Å². The number of nitrogens with one attached hydrogen (secondary N) is 2. The number of H-pyrrole nitrogens is 1. The van der Waals surface area contributed by atoms with Gasteiger partial charge in [-0.2, -0.15) is 5.10 Å². The van der Waals surface area contributed by atoms with Gasteiger partial charge in [0.25, 0.3) is 5.56 Å². The molecule has 0 aliphatic carbocycles. The zero-order chi connectivity index (χ0) is 16.4. The van der Waals surface area contributed by atoms with E-state index < -0.39 is 5.97 Å². The van der Waals surface area contributed by atoms with Gasteiger partial charge in [-0.1, -0.05) is 0 Å². The molecular weight excluding hydrogens is 316 g/mol. The summed E-state index contributed by atoms with van der Waals surface area (Å²) in [6.45, 7) is 3.87. The van der Waals surface area contributed by atoms with Crippen molar-refractivity contribution in [1.82, 2.24) is 19.9 Å². The Hall–Kier alpha value is -1.80. The van der Waals surface area contributed by atoms with Gasteiger partial charge in [0, 0.05) is 12.0 Å². The van der Waals surface area contributed by atoms with Crippen molar-refractivity contribution in [3.8, 4) is 0 Å². The van der Waals surface area contributed by atoms with E-state index >= 15 is 0 Å². The van der Waals surface area contributed by atoms with Gasteiger partial charge in [-0.05, 0) is 39.1 Å². The van der Waals surface area contributed by atoms with Crippen LogP contribution in [-0.2, 0) is 4.74 Å². The van der Waals surface area contributed by atoms with Crippen LogP contribution in [0.25, 0.3) is 5.65 Å². The lowest BCUT2D eigenvalue weighted by atomic mass is 9.94. The van der Waals surface area contributed by atoms with Crippen LogP contribution < -0.4 is 10.9 Å². The summed E-state index contributed by atoms with van der Waals surface area (Å²) >= 11 is 1.37. The highest BCUT2D eigenvalue weighted by molar-refractivity contribution is 7.98. The van der Waals surface area contributed by atoms with Crippen molar-refractivity contribution in [2.24, 2.45) is 0 Å². The summed E-state index contributed by atoms with van der Waals surface area (Å²) in [6.07, 6.45) is 3.75. The van der Waals surface area contributed by atoms with Crippen molar-refractivity contribution in [2.75, 3.05) is 26.0 Å². The van der Waals surface area contributed by atoms with E-state index in [2.05, 4.69) is 15.4 Å². The van der Waals surface area contributed by atoms with Crippen LogP contribution in [0.2, 0.25) is 0 Å². The number of carbonyl (C=O) groups is 1. The van der Waals surface area contributed by atoms with E-state index in [1.165, 1.54) is 11.8 Å². The van der Waals surface area contributed by atoms with Crippen LogP contribution in [0.4, 0.5) is 0 Å². The lowest BCUT2D eigenvalue weighted by Gasteiger charge is -2.23. The highest BCUT2D eigenvalue weighted by Gasteiger charge is 2.26. The number of aromatic nitrogens is 3. The number of nitrogens with zero attached hydrogens (tertiary/aromatic N) is 2. The summed E-state index contributed by atoms with van der Waals surface area (Å²) in [7, 11) is 0. The molecule has 0 amide bonds. The normalized spacial score (nSPS) is 15.9. The van der Waals surface area contributed by atoms with Crippen LogP contribution in [0.1, 0.15) is 41.7 Å². The molecule has 2 aromatic heterocycles. The first-order chi connectivity index (χ1) is 11.2. The smallest absolute Gasteiger partial charge is 0.344 e. The number of carbonyl (C=O) groups excluding carboxylic acids is 1. The van der Waals surface area contributed by atoms with Crippen molar-refractivity contribution in [3.63, 3.8) is 0 Å². The maximum atomic E-state index is 12.3. The number of ether oxygens (including phenoxy) is 1. The SMILES string of the molecule is CCOC(=O)c1c(SC)nn2c(C3CCNCC3)cc(=O)[nH]c12. The van der Waals surface area contributed by atoms with Gasteiger partial charge >= 0.3 is 5.97 Å². The molecule has 0 atom stereocenters. The molecule has 1 saturated heterocycles. The Labute approximate surface area is 137 Å². The Morgan fingerprint density at radius 1 is 1.48 bits per heavy atom. The fourth-order valence-electron chi connectivity index (χ4n) is 2.99. The van der Waals surface area contributed by atoms with Gasteiger partial charge in [0.05, 0.1) is 12.3 Å². The number of rotatable bonds is 4. The maximum absolute atomic E-state index is 12.3. The van der Waals surface area contributed by atoms with E-state index in [-0.39, 0.29) is 18.1 Å². The molecule has 1 fully saturated rings. The van der Waals surface area contributed by atoms with Crippen molar-refractivity contribution >= 4 is 23.4 Å². The van der Waals surface area contributed by atoms with E-state index in [0.717, 1.165) is 31.6 Å². The zero-order valence-corrected chi connectivity index (χ0v) is 14.0. The lowest BCUT2D eigenvalue weighted by molar-refractivity contribution is 0.0524. The van der Waals surface area contributed by atoms with Gasteiger partial charge < -0.3 is 15.0 Å². The Morgan fingerprint density at radius 3 is 2.87 bits per heavy atom. The summed E-state index contributed by atoms with van der Waals surface area (Å²) in [4.78, 5) is 27.1. The van der Waals surface area contributed by atoms with Crippen LogP contribution in [-0.4, -0.2) is 46.5 Å². The predicted octanol–water partition coefficient (Wildman–Crippen LogP) is 1.39. The van der Waals surface area contributed by atoms with Crippen molar-refractivity contribution in [2.45, 2.75) is 30.7 Å². The molecule has 1 aliphatic rings. The second kappa shape index (κ2) is 6.76. The second-order valence-corrected chi connectivity index (χ2v) is 6.24. The largest absolute Gasteiger partial charge is 0.462 e. The van der Waals surface area contributed by atoms with E-state index in [9.17, 15) is 9.59 Å². The third kappa shape index (κ3) is 3.00. The number of thioether (sulfide) groups is 1. The molecule has 2 aromatic rings. The molecule has 2 N–H and O–H groups in total. The number of hydrogen-bond acceptors (Lipinski definition) is 6. The average molecular weight is 336 g/mol. The number of hydrogen-bond donors (Lipinski definition) is 2. The topological polar surface area (TPSA) is 88.5 Å². The summed E-state index contributed by atoms with van der Waals surface area (Å²) in [5.41, 5.74) is 1.40. The van der Waals surface area contributed by atoms with Crippen molar-refractivity contribution in [3.05, 3.63) is 27.7 Å². The molecule has 3 rings (SSSR count). The lowest BCUT2D eigenvalue weighted by Crippen LogP contribution is -2.28. The molecule has 0 bridgehead atoms. The molecule has 7 nitrogen and oxygen atoms in total. The van der Waals surface area contributed by atoms with E-state index in [0.29, 0.717) is 16.2 Å². The van der Waals surface area contributed by atoms with Crippen LogP contribution in [0.3, 0.4) is 0 Å². The third-order valence-electron chi connectivity index (χ3n) is 4.05. The van der Waals surface area contributed by atoms with Gasteiger partial charge in [0.2, 0.25) is 0 Å². The van der Waals surface area contributed by atoms with Crippen molar-refractivity contribution in [1.29, 1.82) is 0 Å². The third-order valence-corrected chi connectivity index (χ3v) is 4.72. The molecule has 0 unspecified atom stereocenters. The first kappa shape index (κ1) is 16.1. The van der Waals surface area contributed by atoms with E-state index in [4.69, 9.17) is 4.74 Å². The standard InChI is InChI=1S/C15H20N4O3S/c1-3-22-15(21)12-13-17-11(20)8-10(9-4-6-16-7-5-9)19(13)18-14(12)23-2/h8-9,16H,3-7H2,1-2H3,(H,17,20). The van der Waals surface area contributed by atoms with Crippen molar-refractivity contribution < 1.29 is 9.53 Å². The molecule has 8 heteroatoms. The number of esters is 1. The molecular formula is C15H20N4O3S. The van der Waals surface area contributed by atoms with E-state index in [1.54, 1.807) is 17.5 Å². The molecule has 3 heterocycles. The predicted molar refractivity (Wildman–Crippen MR) is 88.4 cm³/mol. The highest BCUT2D eigenvalue weighted by Crippen LogP contribution is 2.28. The Bertz CT molecular complexity index is 777. The van der Waals surface area contributed by atoms with Crippen LogP contribution in [0, 0.1) is 0 Å². The molecule has 0 aromatic carbocycles. The Kier molecular flexibility index (Phi) is 4.72. The number of fused-ring (bicyclic) bond motifs is 1. The summed E-state index contributed by atoms with van der Waals surface area (Å²) < 4.78 is 6.83. The van der Waals surface area contributed by atoms with Gasteiger partial charge in [-0.25, -0.2) is 9.31 Å². The second-order valence-electron chi connectivity index (χ2n) is 5.45. The van der Waals surface area contributed by atoms with E-state index in [1.807, 2.05) is 6.26 Å². The Balaban J connectivity index is 2.19. The van der Waals surface area contributed by atoms with Gasteiger partial charge in [0.15, 0.2) is 5.65 Å². The number of aromatic amines is 1. The quantitative estimate of drug-likeness (QED) is 0.648. The summed E-state index contributed by atoms with van der Waals surface area (Å²) in [5, 5.41) is 8.42. The molecule has 0 radical (unpaired) electrons. The van der Waals surface area contributed by atoms with Crippen LogP contribution in [0.15, 0.2) is 15.9 Å². The van der Waals surface area contributed by atoms with Gasteiger partial charge in [-0.3, -0.25) is 4.79 Å². The molecule has 0 spiro atoms. The fraction of sp³-hybridized carbons (Fsp3) is 0.533. The average Bonchev–Trinajstić information content (AvgIpc) is 2.93. The first-order valence-electron chi connectivity index (χ1n) is 7.73. The molecule has 0 saturated carbocycles. The minimum atomic E-state index is -0.454. The fourth-order valence-corrected chi connectivity index (χ4v) is 3.53. The zero-order valence-electron chi connectivity index (χ0n) is 13.2. The molecule has 23 heavy (non-hydrogen) atoms. The molecule has 124 valence electrons. The Morgan fingerprint density at radius 2 is 2.22 bits per heavy atom. The van der Waals surface area contributed by atoms with Crippen LogP contribution in [0.5, 0.6) is 0 Å². The van der Waals surface area contributed by atoms with Gasteiger partial charge in [0.1, 0.15) is 10.6 Å². The molecule has 1 aliphatic heterocycles. The van der Waals surface area contributed by atoms with Crippen LogP contribution >= 0.6 is 11.8 Å². The highest BCUT2D eigenvalue weighted by atomic mass is 32.2. The monoisotopic (exact) mass is 336 g/mol. The minimum absolute atomic E-state index is 0.218. The number of piperidine rings is 1. The first-order valence-corrected chi connectivity index (χ1v) is 8.96.